The molecule has 0 radical (unpaired) electrons. The lowest BCUT2D eigenvalue weighted by Gasteiger charge is -2.38. The Bertz CT molecular complexity index is 1810. The molecule has 0 saturated carbocycles. The molecule has 1 aliphatic heterocycles. The predicted octanol–water partition coefficient (Wildman–Crippen LogP) is 5.68. The Morgan fingerprint density at radius 3 is 2.44 bits per heavy atom. The van der Waals surface area contributed by atoms with Gasteiger partial charge >= 0.3 is 6.03 Å². The van der Waals surface area contributed by atoms with Crippen LogP contribution in [-0.4, -0.2) is 74.2 Å². The molecule has 0 bridgehead atoms. The van der Waals surface area contributed by atoms with E-state index >= 15 is 0 Å². The number of para-hydroxylation sites is 1. The van der Waals surface area contributed by atoms with E-state index in [9.17, 15) is 23.1 Å². The first-order valence-corrected chi connectivity index (χ1v) is 16.3. The van der Waals surface area contributed by atoms with Crippen LogP contribution in [-0.2, 0) is 10.0 Å². The van der Waals surface area contributed by atoms with Crippen LogP contribution in [0.1, 0.15) is 24.2 Å². The number of sulfonamides is 1. The van der Waals surface area contributed by atoms with Gasteiger partial charge in [-0.15, -0.1) is 0 Å². The number of hydrogen-bond acceptors (Lipinski definition) is 6. The van der Waals surface area contributed by atoms with Crippen molar-refractivity contribution >= 4 is 55.7 Å². The number of halogens is 1. The fraction of sp³-hybridized carbons (Fsp3) is 0.273. The zero-order valence-corrected chi connectivity index (χ0v) is 26.7. The highest BCUT2D eigenvalue weighted by Crippen LogP contribution is 2.36. The maximum atomic E-state index is 13.8. The van der Waals surface area contributed by atoms with Gasteiger partial charge in [0.2, 0.25) is 0 Å². The normalized spacial score (nSPS) is 17.4. The number of anilines is 2. The maximum Gasteiger partial charge on any atom is 0.321 e. The average molecular weight is 651 g/mol. The Kier molecular flexibility index (Phi) is 9.52. The number of urea groups is 1. The molecule has 0 aliphatic carbocycles. The molecule has 0 unspecified atom stereocenters. The average Bonchev–Trinajstić information content (AvgIpc) is 3.02. The summed E-state index contributed by atoms with van der Waals surface area (Å²) in [6, 6.07) is 22.8. The Balaban J connectivity index is 1.47. The van der Waals surface area contributed by atoms with Gasteiger partial charge in [-0.1, -0.05) is 61.0 Å². The highest BCUT2D eigenvalue weighted by atomic mass is 35.5. The summed E-state index contributed by atoms with van der Waals surface area (Å²) in [5.41, 5.74) is 0.857. The monoisotopic (exact) mass is 650 g/mol. The van der Waals surface area contributed by atoms with E-state index < -0.39 is 28.1 Å². The summed E-state index contributed by atoms with van der Waals surface area (Å²) < 4.78 is 35.7. The molecular formula is C33H35ClN4O6S. The highest BCUT2D eigenvalue weighted by molar-refractivity contribution is 7.92. The Hall–Kier alpha value is -4.32. The Morgan fingerprint density at radius 2 is 1.71 bits per heavy atom. The second-order valence-corrected chi connectivity index (χ2v) is 13.3. The number of carbonyl (C=O) groups excluding carboxylic acids is 2. The van der Waals surface area contributed by atoms with E-state index in [1.807, 2.05) is 49.4 Å². The van der Waals surface area contributed by atoms with Crippen LogP contribution in [0.2, 0.25) is 5.02 Å². The second-order valence-electron chi connectivity index (χ2n) is 11.2. The van der Waals surface area contributed by atoms with Crippen molar-refractivity contribution in [3.05, 3.63) is 95.5 Å². The van der Waals surface area contributed by atoms with Crippen LogP contribution in [0.3, 0.4) is 0 Å². The standard InChI is InChI=1S/C33H35ClN4O6S/c1-21-18-38(22(2)20-39)32(40)27-11-7-13-29(36-45(42,43)25-16-14-24(34)15-17-25)31(27)44-30(21)19-37(3)33(41)35-28-12-6-9-23-8-4-5-10-26(23)28/h4-17,21-22,30,36,39H,18-20H2,1-3H3,(H,35,41)/t21-,22-,30-/m1/s1. The van der Waals surface area contributed by atoms with Gasteiger partial charge in [-0.3, -0.25) is 9.52 Å². The third-order valence-corrected chi connectivity index (χ3v) is 9.52. The molecule has 4 aromatic rings. The Labute approximate surface area is 267 Å². The largest absolute Gasteiger partial charge is 0.485 e. The number of nitrogens with one attached hydrogen (secondary N) is 2. The summed E-state index contributed by atoms with van der Waals surface area (Å²) in [6.07, 6.45) is -0.658. The Morgan fingerprint density at radius 1 is 1.04 bits per heavy atom. The molecule has 10 nitrogen and oxygen atoms in total. The van der Waals surface area contributed by atoms with Gasteiger partial charge in [0.25, 0.3) is 15.9 Å². The quantitative estimate of drug-likeness (QED) is 0.225. The van der Waals surface area contributed by atoms with Crippen molar-refractivity contribution in [1.29, 1.82) is 0 Å². The van der Waals surface area contributed by atoms with Crippen LogP contribution < -0.4 is 14.8 Å². The number of rotatable bonds is 8. The summed E-state index contributed by atoms with van der Waals surface area (Å²) in [5.74, 6) is -0.689. The third-order valence-electron chi connectivity index (χ3n) is 7.89. The van der Waals surface area contributed by atoms with E-state index in [4.69, 9.17) is 16.3 Å². The van der Waals surface area contributed by atoms with Gasteiger partial charge in [0, 0.05) is 29.9 Å². The third kappa shape index (κ3) is 7.00. The molecule has 3 N–H and O–H groups in total. The lowest BCUT2D eigenvalue weighted by Crippen LogP contribution is -2.50. The summed E-state index contributed by atoms with van der Waals surface area (Å²) in [4.78, 5) is 30.2. The lowest BCUT2D eigenvalue weighted by atomic mass is 9.99. The van der Waals surface area contributed by atoms with Gasteiger partial charge in [-0.05, 0) is 54.8 Å². The highest BCUT2D eigenvalue weighted by Gasteiger charge is 2.35. The number of aliphatic hydroxyl groups excluding tert-OH is 1. The molecule has 12 heteroatoms. The number of nitrogens with zero attached hydrogens (tertiary/aromatic N) is 2. The second kappa shape index (κ2) is 13.4. The zero-order valence-electron chi connectivity index (χ0n) is 25.1. The number of benzene rings is 4. The molecule has 0 fully saturated rings. The minimum absolute atomic E-state index is 0.0213. The van der Waals surface area contributed by atoms with Crippen LogP contribution in [0.15, 0.2) is 89.8 Å². The van der Waals surface area contributed by atoms with Crippen molar-refractivity contribution in [3.8, 4) is 5.75 Å². The molecule has 236 valence electrons. The van der Waals surface area contributed by atoms with E-state index in [-0.39, 0.29) is 53.5 Å². The molecule has 45 heavy (non-hydrogen) atoms. The molecule has 4 aromatic carbocycles. The van der Waals surface area contributed by atoms with Crippen molar-refractivity contribution < 1.29 is 27.9 Å². The van der Waals surface area contributed by atoms with Crippen LogP contribution in [0.4, 0.5) is 16.2 Å². The van der Waals surface area contributed by atoms with Crippen LogP contribution in [0.5, 0.6) is 5.75 Å². The summed E-state index contributed by atoms with van der Waals surface area (Å²) in [6.45, 7) is 3.71. The number of hydrogen-bond donors (Lipinski definition) is 3. The molecule has 5 rings (SSSR count). The van der Waals surface area contributed by atoms with Gasteiger partial charge in [0.05, 0.1) is 41.0 Å². The minimum Gasteiger partial charge on any atom is -0.485 e. The number of carbonyl (C=O) groups is 2. The number of likely N-dealkylation sites (N-methyl/N-ethyl adjacent to an activating group) is 1. The first kappa shape index (κ1) is 32.1. The fourth-order valence-corrected chi connectivity index (χ4v) is 6.45. The topological polar surface area (TPSA) is 128 Å². The summed E-state index contributed by atoms with van der Waals surface area (Å²) >= 11 is 5.95. The van der Waals surface area contributed by atoms with Crippen molar-refractivity contribution in [1.82, 2.24) is 9.80 Å². The van der Waals surface area contributed by atoms with Gasteiger partial charge in [0.15, 0.2) is 5.75 Å². The number of amides is 3. The van der Waals surface area contributed by atoms with Crippen LogP contribution >= 0.6 is 11.6 Å². The number of fused-ring (bicyclic) bond motifs is 2. The molecule has 0 saturated heterocycles. The predicted molar refractivity (Wildman–Crippen MR) is 175 cm³/mol. The van der Waals surface area contributed by atoms with E-state index in [0.29, 0.717) is 10.7 Å². The SMILES string of the molecule is C[C@@H]1CN([C@H](C)CO)C(=O)c2cccc(NS(=O)(=O)c3ccc(Cl)cc3)c2O[C@@H]1CN(C)C(=O)Nc1cccc2ccccc12. The molecule has 3 atom stereocenters. The van der Waals surface area contributed by atoms with Crippen molar-refractivity contribution in [3.63, 3.8) is 0 Å². The van der Waals surface area contributed by atoms with E-state index in [0.717, 1.165) is 10.8 Å². The van der Waals surface area contributed by atoms with Crippen molar-refractivity contribution in [2.24, 2.45) is 5.92 Å². The van der Waals surface area contributed by atoms with Gasteiger partial charge in [-0.25, -0.2) is 13.2 Å². The lowest BCUT2D eigenvalue weighted by molar-refractivity contribution is 0.0373. The summed E-state index contributed by atoms with van der Waals surface area (Å²) in [7, 11) is -2.44. The van der Waals surface area contributed by atoms with E-state index in [2.05, 4.69) is 10.0 Å². The van der Waals surface area contributed by atoms with Crippen LogP contribution in [0.25, 0.3) is 10.8 Å². The van der Waals surface area contributed by atoms with Gasteiger partial charge in [0.1, 0.15) is 6.10 Å². The number of ether oxygens (including phenoxy) is 1. The molecule has 1 heterocycles. The van der Waals surface area contributed by atoms with Gasteiger partial charge < -0.3 is 25.0 Å². The molecule has 1 aliphatic rings. The van der Waals surface area contributed by atoms with Gasteiger partial charge in [-0.2, -0.15) is 0 Å². The summed E-state index contributed by atoms with van der Waals surface area (Å²) in [5, 5.41) is 15.2. The van der Waals surface area contributed by atoms with Crippen molar-refractivity contribution in [2.45, 2.75) is 30.9 Å². The minimum atomic E-state index is -4.08. The van der Waals surface area contributed by atoms with Crippen LogP contribution in [0, 0.1) is 5.92 Å². The van der Waals surface area contributed by atoms with Crippen molar-refractivity contribution in [2.75, 3.05) is 36.8 Å². The van der Waals surface area contributed by atoms with E-state index in [1.165, 1.54) is 35.2 Å². The zero-order chi connectivity index (χ0) is 32.3. The molecular weight excluding hydrogens is 616 g/mol. The maximum absolute atomic E-state index is 13.8. The number of aliphatic hydroxyl groups is 1. The molecule has 0 aromatic heterocycles. The first-order chi connectivity index (χ1) is 21.5. The molecule has 0 spiro atoms. The first-order valence-electron chi connectivity index (χ1n) is 14.5. The molecule has 3 amide bonds. The smallest absolute Gasteiger partial charge is 0.321 e. The van der Waals surface area contributed by atoms with E-state index in [1.54, 1.807) is 31.0 Å². The fourth-order valence-electron chi connectivity index (χ4n) is 5.26.